The third-order valence-electron chi connectivity index (χ3n) is 5.52. The molecule has 0 bridgehead atoms. The van der Waals surface area contributed by atoms with Crippen molar-refractivity contribution in [2.24, 2.45) is 14.1 Å². The number of likely N-dealkylation sites (tertiary alicyclic amines) is 1. The lowest BCUT2D eigenvalue weighted by Gasteiger charge is -2.32. The van der Waals surface area contributed by atoms with Crippen LogP contribution in [0.25, 0.3) is 0 Å². The van der Waals surface area contributed by atoms with Crippen molar-refractivity contribution in [2.45, 2.75) is 32.2 Å². The molecule has 1 unspecified atom stereocenters. The number of aryl methyl sites for hydroxylation is 3. The van der Waals surface area contributed by atoms with E-state index in [1.807, 2.05) is 48.2 Å². The first-order chi connectivity index (χ1) is 13.9. The van der Waals surface area contributed by atoms with Gasteiger partial charge >= 0.3 is 5.69 Å². The monoisotopic (exact) mass is 394 g/mol. The van der Waals surface area contributed by atoms with Crippen LogP contribution >= 0.6 is 0 Å². The Bertz CT molecular complexity index is 1080. The van der Waals surface area contributed by atoms with Gasteiger partial charge in [0, 0.05) is 33.1 Å². The summed E-state index contributed by atoms with van der Waals surface area (Å²) in [5.74, 6) is 0.755. The van der Waals surface area contributed by atoms with Gasteiger partial charge in [0.1, 0.15) is 11.5 Å². The van der Waals surface area contributed by atoms with Crippen LogP contribution in [0.3, 0.4) is 0 Å². The lowest BCUT2D eigenvalue weighted by atomic mass is 9.96. The Balaban J connectivity index is 1.60. The summed E-state index contributed by atoms with van der Waals surface area (Å²) in [5.41, 5.74) is 2.34. The molecule has 3 heterocycles. The highest BCUT2D eigenvalue weighted by Gasteiger charge is 2.30. The molecular formula is C21H26N6O2. The zero-order valence-corrected chi connectivity index (χ0v) is 17.1. The summed E-state index contributed by atoms with van der Waals surface area (Å²) in [7, 11) is 3.47. The molecule has 1 aromatic carbocycles. The second kappa shape index (κ2) is 7.69. The molecule has 1 saturated heterocycles. The topological polar surface area (TPSA) is 78.0 Å². The molecule has 0 aliphatic carbocycles. The molecule has 3 aromatic rings. The van der Waals surface area contributed by atoms with E-state index in [1.165, 1.54) is 4.68 Å². The van der Waals surface area contributed by atoms with Crippen molar-refractivity contribution in [1.82, 2.24) is 29.0 Å². The Morgan fingerprint density at radius 2 is 1.90 bits per heavy atom. The molecule has 4 rings (SSSR count). The minimum atomic E-state index is -0.130. The van der Waals surface area contributed by atoms with Crippen molar-refractivity contribution in [3.63, 3.8) is 0 Å². The predicted octanol–water partition coefficient (Wildman–Crippen LogP) is 1.69. The number of hydrogen-bond acceptors (Lipinski definition) is 4. The van der Waals surface area contributed by atoms with Crippen LogP contribution in [-0.2, 0) is 20.6 Å². The van der Waals surface area contributed by atoms with Crippen molar-refractivity contribution < 1.29 is 4.79 Å². The molecule has 0 spiro atoms. The van der Waals surface area contributed by atoms with Crippen LogP contribution in [0.1, 0.15) is 46.3 Å². The first-order valence-corrected chi connectivity index (χ1v) is 9.91. The molecule has 1 aliphatic rings. The molecule has 1 amide bonds. The average molecular weight is 394 g/mol. The highest BCUT2D eigenvalue weighted by molar-refractivity contribution is 5.92. The number of rotatable bonds is 4. The summed E-state index contributed by atoms with van der Waals surface area (Å²) in [4.78, 5) is 27.6. The maximum Gasteiger partial charge on any atom is 0.345 e. The first kappa shape index (κ1) is 19.2. The van der Waals surface area contributed by atoms with E-state index in [1.54, 1.807) is 23.3 Å². The lowest BCUT2D eigenvalue weighted by molar-refractivity contribution is 0.0692. The third-order valence-corrected chi connectivity index (χ3v) is 5.52. The van der Waals surface area contributed by atoms with E-state index in [4.69, 9.17) is 0 Å². The fourth-order valence-electron chi connectivity index (χ4n) is 4.08. The standard InChI is InChI=1S/C21H26N6O2/c1-15-12-18(24(2)22-15)20(28)26-11-7-10-17(14-26)19-23-25(3)21(29)27(19)13-16-8-5-4-6-9-16/h4-6,8-9,12,17H,7,10-11,13-14H2,1-3H3. The zero-order valence-electron chi connectivity index (χ0n) is 17.1. The Hall–Kier alpha value is -3.16. The number of hydrogen-bond donors (Lipinski definition) is 0. The van der Waals surface area contributed by atoms with E-state index in [0.717, 1.165) is 29.9 Å². The summed E-state index contributed by atoms with van der Waals surface area (Å²) in [6.45, 7) is 3.61. The third kappa shape index (κ3) is 3.74. The average Bonchev–Trinajstić information content (AvgIpc) is 3.21. The van der Waals surface area contributed by atoms with Crippen LogP contribution in [0, 0.1) is 6.92 Å². The molecule has 1 atom stereocenters. The Labute approximate surface area is 169 Å². The molecule has 1 aliphatic heterocycles. The maximum absolute atomic E-state index is 13.0. The van der Waals surface area contributed by atoms with Gasteiger partial charge in [-0.1, -0.05) is 30.3 Å². The highest BCUT2D eigenvalue weighted by Crippen LogP contribution is 2.26. The quantitative estimate of drug-likeness (QED) is 0.675. The highest BCUT2D eigenvalue weighted by atomic mass is 16.2. The van der Waals surface area contributed by atoms with Gasteiger partial charge in [0.15, 0.2) is 0 Å². The molecule has 29 heavy (non-hydrogen) atoms. The molecule has 0 radical (unpaired) electrons. The Kier molecular flexibility index (Phi) is 5.08. The van der Waals surface area contributed by atoms with Crippen LogP contribution in [0.5, 0.6) is 0 Å². The molecule has 0 saturated carbocycles. The molecule has 152 valence electrons. The normalized spacial score (nSPS) is 16.9. The molecular weight excluding hydrogens is 368 g/mol. The van der Waals surface area contributed by atoms with Gasteiger partial charge in [-0.2, -0.15) is 10.2 Å². The van der Waals surface area contributed by atoms with Crippen LogP contribution in [0.4, 0.5) is 0 Å². The van der Waals surface area contributed by atoms with Gasteiger partial charge < -0.3 is 4.90 Å². The second-order valence-electron chi connectivity index (χ2n) is 7.72. The molecule has 1 fully saturated rings. The number of carbonyl (C=O) groups is 1. The van der Waals surface area contributed by atoms with E-state index < -0.39 is 0 Å². The van der Waals surface area contributed by atoms with Crippen molar-refractivity contribution in [3.05, 3.63) is 69.7 Å². The lowest BCUT2D eigenvalue weighted by Crippen LogP contribution is -2.40. The van der Waals surface area contributed by atoms with Gasteiger partial charge in [0.2, 0.25) is 0 Å². The molecule has 2 aromatic heterocycles. The number of benzene rings is 1. The molecule has 0 N–H and O–H groups in total. The number of nitrogens with zero attached hydrogens (tertiary/aromatic N) is 6. The fourth-order valence-corrected chi connectivity index (χ4v) is 4.08. The predicted molar refractivity (Wildman–Crippen MR) is 109 cm³/mol. The van der Waals surface area contributed by atoms with E-state index in [0.29, 0.717) is 25.3 Å². The summed E-state index contributed by atoms with van der Waals surface area (Å²) in [6, 6.07) is 11.7. The summed E-state index contributed by atoms with van der Waals surface area (Å²) < 4.78 is 4.76. The molecule has 8 nitrogen and oxygen atoms in total. The molecule has 8 heteroatoms. The smallest absolute Gasteiger partial charge is 0.337 e. The van der Waals surface area contributed by atoms with Gasteiger partial charge in [0.05, 0.1) is 12.2 Å². The van der Waals surface area contributed by atoms with Crippen LogP contribution in [-0.4, -0.2) is 48.0 Å². The van der Waals surface area contributed by atoms with Crippen molar-refractivity contribution in [3.8, 4) is 0 Å². The van der Waals surface area contributed by atoms with Crippen LogP contribution < -0.4 is 5.69 Å². The first-order valence-electron chi connectivity index (χ1n) is 9.91. The van der Waals surface area contributed by atoms with Gasteiger partial charge in [0.25, 0.3) is 5.91 Å². The van der Waals surface area contributed by atoms with E-state index in [9.17, 15) is 9.59 Å². The summed E-state index contributed by atoms with van der Waals surface area (Å²) in [6.07, 6.45) is 1.78. The number of amides is 1. The Morgan fingerprint density at radius 1 is 1.14 bits per heavy atom. The SMILES string of the molecule is Cc1cc(C(=O)N2CCCC(c3nn(C)c(=O)n3Cc3ccccc3)C2)n(C)n1. The largest absolute Gasteiger partial charge is 0.345 e. The fraction of sp³-hybridized carbons (Fsp3) is 0.429. The van der Waals surface area contributed by atoms with Gasteiger partial charge in [-0.25, -0.2) is 9.48 Å². The second-order valence-corrected chi connectivity index (χ2v) is 7.72. The Morgan fingerprint density at radius 3 is 2.59 bits per heavy atom. The van der Waals surface area contributed by atoms with E-state index in [2.05, 4.69) is 10.2 Å². The summed E-state index contributed by atoms with van der Waals surface area (Å²) in [5, 5.41) is 8.82. The summed E-state index contributed by atoms with van der Waals surface area (Å²) >= 11 is 0. The van der Waals surface area contributed by atoms with Gasteiger partial charge in [-0.05, 0) is 31.4 Å². The van der Waals surface area contributed by atoms with Crippen molar-refractivity contribution >= 4 is 5.91 Å². The number of piperidine rings is 1. The minimum Gasteiger partial charge on any atom is -0.337 e. The van der Waals surface area contributed by atoms with E-state index >= 15 is 0 Å². The van der Waals surface area contributed by atoms with Crippen molar-refractivity contribution in [2.75, 3.05) is 13.1 Å². The number of carbonyl (C=O) groups excluding carboxylic acids is 1. The van der Waals surface area contributed by atoms with Gasteiger partial charge in [-0.15, -0.1) is 0 Å². The van der Waals surface area contributed by atoms with Crippen molar-refractivity contribution in [1.29, 1.82) is 0 Å². The zero-order chi connectivity index (χ0) is 20.5. The van der Waals surface area contributed by atoms with Crippen LogP contribution in [0.2, 0.25) is 0 Å². The van der Waals surface area contributed by atoms with Gasteiger partial charge in [-0.3, -0.25) is 14.0 Å². The van der Waals surface area contributed by atoms with Crippen LogP contribution in [0.15, 0.2) is 41.2 Å². The van der Waals surface area contributed by atoms with E-state index in [-0.39, 0.29) is 17.5 Å². The minimum absolute atomic E-state index is 0.0225. The maximum atomic E-state index is 13.0. The number of aromatic nitrogens is 5.